The van der Waals surface area contributed by atoms with E-state index in [0.29, 0.717) is 6.04 Å². The number of aromatic nitrogens is 3. The number of rotatable bonds is 4. The lowest BCUT2D eigenvalue weighted by Gasteiger charge is -2.24. The zero-order valence-corrected chi connectivity index (χ0v) is 10.9. The Bertz CT molecular complexity index is 502. The summed E-state index contributed by atoms with van der Waals surface area (Å²) in [6, 6.07) is 8.75. The molecule has 0 radical (unpaired) electrons. The summed E-state index contributed by atoms with van der Waals surface area (Å²) in [6.45, 7) is 2.09. The average Bonchev–Trinajstić information content (AvgIpc) is 3.01. The van der Waals surface area contributed by atoms with E-state index < -0.39 is 0 Å². The standard InChI is InChI=1S/C14H19N5/c1-2-7-14(19-11-15-10-18-19)13(6-1)17-9-12-5-3-4-8-16-12/h1-2,6-7,10-12,16-17H,3-5,8-9H2. The van der Waals surface area contributed by atoms with E-state index in [1.54, 1.807) is 17.3 Å². The molecule has 3 rings (SSSR count). The van der Waals surface area contributed by atoms with Crippen molar-refractivity contribution in [2.45, 2.75) is 25.3 Å². The fourth-order valence-corrected chi connectivity index (χ4v) is 2.49. The summed E-state index contributed by atoms with van der Waals surface area (Å²) in [7, 11) is 0. The number of nitrogens with zero attached hydrogens (tertiary/aromatic N) is 3. The van der Waals surface area contributed by atoms with Gasteiger partial charge < -0.3 is 10.6 Å². The van der Waals surface area contributed by atoms with Crippen molar-refractivity contribution in [3.8, 4) is 5.69 Å². The first-order valence-corrected chi connectivity index (χ1v) is 6.85. The van der Waals surface area contributed by atoms with Crippen LogP contribution in [0.4, 0.5) is 5.69 Å². The van der Waals surface area contributed by atoms with Gasteiger partial charge in [0.15, 0.2) is 0 Å². The third-order valence-electron chi connectivity index (χ3n) is 3.52. The molecule has 1 aromatic heterocycles. The van der Waals surface area contributed by atoms with E-state index in [1.807, 2.05) is 18.2 Å². The molecule has 1 unspecified atom stereocenters. The van der Waals surface area contributed by atoms with Crippen LogP contribution in [-0.2, 0) is 0 Å². The van der Waals surface area contributed by atoms with Gasteiger partial charge in [0.1, 0.15) is 12.7 Å². The topological polar surface area (TPSA) is 54.8 Å². The van der Waals surface area contributed by atoms with Gasteiger partial charge in [0.25, 0.3) is 0 Å². The van der Waals surface area contributed by atoms with E-state index in [9.17, 15) is 0 Å². The minimum atomic E-state index is 0.567. The Morgan fingerprint density at radius 3 is 3.05 bits per heavy atom. The quantitative estimate of drug-likeness (QED) is 0.877. The molecule has 5 heteroatoms. The average molecular weight is 257 g/mol. The van der Waals surface area contributed by atoms with Crippen LogP contribution in [0, 0.1) is 0 Å². The Morgan fingerprint density at radius 1 is 1.32 bits per heavy atom. The third-order valence-corrected chi connectivity index (χ3v) is 3.52. The van der Waals surface area contributed by atoms with Crippen LogP contribution < -0.4 is 10.6 Å². The molecule has 1 saturated heterocycles. The summed E-state index contributed by atoms with van der Waals surface area (Å²) in [4.78, 5) is 4.00. The van der Waals surface area contributed by atoms with E-state index in [4.69, 9.17) is 0 Å². The van der Waals surface area contributed by atoms with Gasteiger partial charge in [0.2, 0.25) is 0 Å². The summed E-state index contributed by atoms with van der Waals surface area (Å²) >= 11 is 0. The highest BCUT2D eigenvalue weighted by Gasteiger charge is 2.12. The van der Waals surface area contributed by atoms with Crippen LogP contribution in [-0.4, -0.2) is 33.9 Å². The molecule has 1 fully saturated rings. The first-order chi connectivity index (χ1) is 9.43. The van der Waals surface area contributed by atoms with Crippen molar-refractivity contribution in [3.05, 3.63) is 36.9 Å². The number of benzene rings is 1. The van der Waals surface area contributed by atoms with Crippen LogP contribution in [0.5, 0.6) is 0 Å². The molecule has 0 aliphatic carbocycles. The SMILES string of the molecule is c1ccc(-n2cncn2)c(NCC2CCCCN2)c1. The first kappa shape index (κ1) is 12.2. The predicted octanol–water partition coefficient (Wildman–Crippen LogP) is 1.82. The lowest BCUT2D eigenvalue weighted by molar-refractivity contribution is 0.414. The van der Waals surface area contributed by atoms with Crippen LogP contribution in [0.15, 0.2) is 36.9 Å². The molecule has 1 aliphatic heterocycles. The summed E-state index contributed by atoms with van der Waals surface area (Å²) in [5, 5.41) is 11.3. The van der Waals surface area contributed by atoms with Crippen LogP contribution in [0.2, 0.25) is 0 Å². The van der Waals surface area contributed by atoms with Gasteiger partial charge in [-0.2, -0.15) is 5.10 Å². The molecule has 1 aliphatic rings. The van der Waals surface area contributed by atoms with E-state index >= 15 is 0 Å². The Morgan fingerprint density at radius 2 is 2.26 bits per heavy atom. The molecule has 19 heavy (non-hydrogen) atoms. The molecule has 2 heterocycles. The molecule has 100 valence electrons. The van der Waals surface area contributed by atoms with Gasteiger partial charge in [-0.15, -0.1) is 0 Å². The van der Waals surface area contributed by atoms with Crippen LogP contribution in [0.25, 0.3) is 5.69 Å². The number of hydrogen-bond donors (Lipinski definition) is 2. The monoisotopic (exact) mass is 257 g/mol. The van der Waals surface area contributed by atoms with Gasteiger partial charge in [-0.1, -0.05) is 18.6 Å². The number of anilines is 1. The third kappa shape index (κ3) is 2.93. The fourth-order valence-electron chi connectivity index (χ4n) is 2.49. The van der Waals surface area contributed by atoms with Crippen LogP contribution in [0.1, 0.15) is 19.3 Å². The van der Waals surface area contributed by atoms with Crippen molar-refractivity contribution in [2.75, 3.05) is 18.4 Å². The molecule has 0 bridgehead atoms. The molecule has 5 nitrogen and oxygen atoms in total. The number of piperidine rings is 1. The largest absolute Gasteiger partial charge is 0.382 e. The second-order valence-electron chi connectivity index (χ2n) is 4.88. The highest BCUT2D eigenvalue weighted by atomic mass is 15.3. The minimum absolute atomic E-state index is 0.567. The highest BCUT2D eigenvalue weighted by molar-refractivity contribution is 5.60. The Balaban J connectivity index is 1.70. The normalized spacial score (nSPS) is 19.3. The highest BCUT2D eigenvalue weighted by Crippen LogP contribution is 2.19. The summed E-state index contributed by atoms with van der Waals surface area (Å²) in [5.74, 6) is 0. The molecule has 0 amide bonds. The van der Waals surface area contributed by atoms with Crippen molar-refractivity contribution < 1.29 is 0 Å². The Hall–Kier alpha value is -1.88. The van der Waals surface area contributed by atoms with Crippen molar-refractivity contribution in [1.82, 2.24) is 20.1 Å². The first-order valence-electron chi connectivity index (χ1n) is 6.85. The maximum absolute atomic E-state index is 4.19. The summed E-state index contributed by atoms with van der Waals surface area (Å²) in [5.41, 5.74) is 2.14. The van der Waals surface area contributed by atoms with E-state index in [-0.39, 0.29) is 0 Å². The molecular weight excluding hydrogens is 238 g/mol. The second kappa shape index (κ2) is 5.84. The zero-order valence-electron chi connectivity index (χ0n) is 10.9. The van der Waals surface area contributed by atoms with Gasteiger partial charge in [-0.25, -0.2) is 9.67 Å². The second-order valence-corrected chi connectivity index (χ2v) is 4.88. The molecule has 2 aromatic rings. The number of hydrogen-bond acceptors (Lipinski definition) is 4. The van der Waals surface area contributed by atoms with E-state index in [1.165, 1.54) is 19.3 Å². The number of para-hydroxylation sites is 2. The summed E-state index contributed by atoms with van der Waals surface area (Å²) in [6.07, 6.45) is 7.15. The van der Waals surface area contributed by atoms with Gasteiger partial charge >= 0.3 is 0 Å². The lowest BCUT2D eigenvalue weighted by atomic mass is 10.1. The maximum atomic E-state index is 4.19. The molecule has 1 aromatic carbocycles. The Kier molecular flexibility index (Phi) is 3.74. The summed E-state index contributed by atoms with van der Waals surface area (Å²) < 4.78 is 1.79. The lowest BCUT2D eigenvalue weighted by Crippen LogP contribution is -2.39. The molecule has 1 atom stereocenters. The fraction of sp³-hybridized carbons (Fsp3) is 0.429. The van der Waals surface area contributed by atoms with Crippen LogP contribution in [0.3, 0.4) is 0 Å². The van der Waals surface area contributed by atoms with Crippen LogP contribution >= 0.6 is 0 Å². The van der Waals surface area contributed by atoms with E-state index in [0.717, 1.165) is 24.5 Å². The molecular formula is C14H19N5. The van der Waals surface area contributed by atoms with Crippen molar-refractivity contribution in [2.24, 2.45) is 0 Å². The van der Waals surface area contributed by atoms with Gasteiger partial charge in [0.05, 0.1) is 11.4 Å². The van der Waals surface area contributed by atoms with Gasteiger partial charge in [-0.05, 0) is 31.5 Å². The minimum Gasteiger partial charge on any atom is -0.382 e. The molecule has 0 saturated carbocycles. The van der Waals surface area contributed by atoms with Gasteiger partial charge in [-0.3, -0.25) is 0 Å². The van der Waals surface area contributed by atoms with Crippen molar-refractivity contribution >= 4 is 5.69 Å². The van der Waals surface area contributed by atoms with Crippen molar-refractivity contribution in [1.29, 1.82) is 0 Å². The van der Waals surface area contributed by atoms with Crippen molar-refractivity contribution in [3.63, 3.8) is 0 Å². The zero-order chi connectivity index (χ0) is 12.9. The smallest absolute Gasteiger partial charge is 0.138 e. The molecule has 0 spiro atoms. The Labute approximate surface area is 113 Å². The van der Waals surface area contributed by atoms with E-state index in [2.05, 4.69) is 26.8 Å². The van der Waals surface area contributed by atoms with Gasteiger partial charge in [0, 0.05) is 12.6 Å². The molecule has 2 N–H and O–H groups in total. The number of nitrogens with one attached hydrogen (secondary N) is 2. The maximum Gasteiger partial charge on any atom is 0.138 e. The predicted molar refractivity (Wildman–Crippen MR) is 75.5 cm³/mol.